The molecule has 2 aromatic heterocycles. The van der Waals surface area contributed by atoms with Crippen LogP contribution in [0.1, 0.15) is 50.7 Å². The van der Waals surface area contributed by atoms with Gasteiger partial charge >= 0.3 is 0 Å². The number of nitrogens with zero attached hydrogens (tertiary/aromatic N) is 3. The first kappa shape index (κ1) is 29.1. The molecule has 0 saturated heterocycles. The summed E-state index contributed by atoms with van der Waals surface area (Å²) in [6.07, 6.45) is 13.5. The van der Waals surface area contributed by atoms with Gasteiger partial charge in [0.05, 0.1) is 22.1 Å². The van der Waals surface area contributed by atoms with Crippen molar-refractivity contribution in [3.05, 3.63) is 155 Å². The zero-order chi connectivity index (χ0) is 33.4. The molecule has 0 spiro atoms. The van der Waals surface area contributed by atoms with Crippen LogP contribution in [0.5, 0.6) is 0 Å². The van der Waals surface area contributed by atoms with Gasteiger partial charge in [-0.1, -0.05) is 123 Å². The van der Waals surface area contributed by atoms with E-state index in [9.17, 15) is 0 Å². The summed E-state index contributed by atoms with van der Waals surface area (Å²) >= 11 is 0. The van der Waals surface area contributed by atoms with Crippen molar-refractivity contribution in [1.82, 2.24) is 14.5 Å². The van der Waals surface area contributed by atoms with Gasteiger partial charge in [0.2, 0.25) is 0 Å². The summed E-state index contributed by atoms with van der Waals surface area (Å²) in [4.78, 5) is 10.4. The molecule has 0 N–H and O–H groups in total. The van der Waals surface area contributed by atoms with Crippen LogP contribution in [-0.4, -0.2) is 14.5 Å². The van der Waals surface area contributed by atoms with E-state index in [1.807, 2.05) is 0 Å². The van der Waals surface area contributed by atoms with Gasteiger partial charge in [0.25, 0.3) is 0 Å². The minimum atomic E-state index is -0.0760. The zero-order valence-corrected chi connectivity index (χ0v) is 28.4. The summed E-state index contributed by atoms with van der Waals surface area (Å²) < 4.78 is 2.49. The summed E-state index contributed by atoms with van der Waals surface area (Å²) in [7, 11) is 0. The number of rotatable bonds is 4. The highest BCUT2D eigenvalue weighted by Gasteiger charge is 2.39. The number of allylic oxidation sites excluding steroid dienone is 4. The molecule has 3 nitrogen and oxygen atoms in total. The van der Waals surface area contributed by atoms with Crippen LogP contribution in [0.15, 0.2) is 133 Å². The van der Waals surface area contributed by atoms with E-state index in [1.165, 1.54) is 55.2 Å². The quantitative estimate of drug-likeness (QED) is 0.191. The van der Waals surface area contributed by atoms with Crippen molar-refractivity contribution < 1.29 is 0 Å². The Bertz CT molecular complexity index is 2690. The highest BCUT2D eigenvalue weighted by molar-refractivity contribution is 6.12. The standard InChI is InChI=1S/C47H37N3/c1-47(2)40-17-9-6-14-35(40)37-28-29-38-36-15-8-11-19-42(36)50(45(38)43(37)47)34-26-24-33(25-27-34)46-48-41-18-10-7-16-39(41)44(49-46)32-22-20-31(21-23-32)30-12-4-3-5-13-30/h3-5,8-9,11-13,15-29H,6-7,10,14H2,1-2H3. The van der Waals surface area contributed by atoms with Crippen LogP contribution in [0.3, 0.4) is 0 Å². The molecule has 10 rings (SSSR count). The van der Waals surface area contributed by atoms with Crippen LogP contribution in [-0.2, 0) is 5.41 Å². The first-order valence-electron chi connectivity index (χ1n) is 17.9. The van der Waals surface area contributed by atoms with E-state index in [0.29, 0.717) is 0 Å². The molecule has 3 aliphatic carbocycles. The van der Waals surface area contributed by atoms with Crippen molar-refractivity contribution in [2.24, 2.45) is 0 Å². The lowest BCUT2D eigenvalue weighted by Gasteiger charge is -2.25. The predicted octanol–water partition coefficient (Wildman–Crippen LogP) is 10.3. The van der Waals surface area contributed by atoms with Gasteiger partial charge < -0.3 is 4.57 Å². The highest BCUT2D eigenvalue weighted by atomic mass is 15.0. The molecule has 7 aromatic rings. The van der Waals surface area contributed by atoms with E-state index in [0.717, 1.165) is 64.6 Å². The van der Waals surface area contributed by atoms with E-state index in [4.69, 9.17) is 9.97 Å². The van der Waals surface area contributed by atoms with Crippen LogP contribution in [0.25, 0.3) is 79.0 Å². The Hall–Kier alpha value is -5.80. The highest BCUT2D eigenvalue weighted by Crippen LogP contribution is 2.53. The maximum absolute atomic E-state index is 5.25. The second-order valence-electron chi connectivity index (χ2n) is 14.4. The van der Waals surface area contributed by atoms with Gasteiger partial charge in [-0.15, -0.1) is 0 Å². The van der Waals surface area contributed by atoms with Gasteiger partial charge in [0, 0.05) is 38.2 Å². The summed E-state index contributed by atoms with van der Waals surface area (Å²) in [5.41, 5.74) is 15.0. The SMILES string of the molecule is CC1(C)C2=C(CCC=C2)c2ccc3c4ccccc4n(-c4ccc(-c5nc(-c6ccc(-c7ccccc7)cc6)c6c(n5)=CCCC=6)cc4)c3c21. The summed E-state index contributed by atoms with van der Waals surface area (Å²) in [5, 5.41) is 4.77. The molecule has 50 heavy (non-hydrogen) atoms. The molecule has 0 unspecified atom stereocenters. The minimum Gasteiger partial charge on any atom is -0.309 e. The van der Waals surface area contributed by atoms with Crippen molar-refractivity contribution >= 4 is 39.5 Å². The fraction of sp³-hybridized carbons (Fsp3) is 0.149. The summed E-state index contributed by atoms with van der Waals surface area (Å²) in [6, 6.07) is 41.8. The fourth-order valence-corrected chi connectivity index (χ4v) is 8.73. The molecule has 0 radical (unpaired) electrons. The Morgan fingerprint density at radius 2 is 1.34 bits per heavy atom. The number of aromatic nitrogens is 3. The fourth-order valence-electron chi connectivity index (χ4n) is 8.73. The monoisotopic (exact) mass is 643 g/mol. The average Bonchev–Trinajstić information content (AvgIpc) is 3.63. The van der Waals surface area contributed by atoms with Gasteiger partial charge in [0.1, 0.15) is 0 Å². The number of hydrogen-bond acceptors (Lipinski definition) is 2. The molecular formula is C47H37N3. The number of benzene rings is 5. The number of para-hydroxylation sites is 1. The molecule has 3 aliphatic rings. The summed E-state index contributed by atoms with van der Waals surface area (Å²) in [5.74, 6) is 0.761. The van der Waals surface area contributed by atoms with E-state index >= 15 is 0 Å². The Morgan fingerprint density at radius 3 is 2.18 bits per heavy atom. The second-order valence-corrected chi connectivity index (χ2v) is 14.4. The van der Waals surface area contributed by atoms with Crippen LogP contribution >= 0.6 is 0 Å². The minimum absolute atomic E-state index is 0.0760. The molecule has 0 fully saturated rings. The third-order valence-electron chi connectivity index (χ3n) is 11.1. The topological polar surface area (TPSA) is 30.7 Å². The number of hydrogen-bond donors (Lipinski definition) is 0. The van der Waals surface area contributed by atoms with Crippen molar-refractivity contribution in [3.63, 3.8) is 0 Å². The third-order valence-corrected chi connectivity index (χ3v) is 11.1. The van der Waals surface area contributed by atoms with Crippen LogP contribution in [0.4, 0.5) is 0 Å². The first-order chi connectivity index (χ1) is 24.6. The maximum atomic E-state index is 5.25. The van der Waals surface area contributed by atoms with Gasteiger partial charge in [0.15, 0.2) is 5.82 Å². The van der Waals surface area contributed by atoms with Crippen molar-refractivity contribution in [2.75, 3.05) is 0 Å². The van der Waals surface area contributed by atoms with Gasteiger partial charge in [-0.25, -0.2) is 9.97 Å². The lowest BCUT2D eigenvalue weighted by Crippen LogP contribution is -2.33. The predicted molar refractivity (Wildman–Crippen MR) is 208 cm³/mol. The second kappa shape index (κ2) is 11.1. The van der Waals surface area contributed by atoms with Crippen molar-refractivity contribution in [1.29, 1.82) is 0 Å². The first-order valence-corrected chi connectivity index (χ1v) is 17.9. The molecule has 0 amide bonds. The van der Waals surface area contributed by atoms with E-state index in [-0.39, 0.29) is 5.41 Å². The van der Waals surface area contributed by atoms with E-state index in [2.05, 4.69) is 158 Å². The molecular weight excluding hydrogens is 607 g/mol. The van der Waals surface area contributed by atoms with Gasteiger partial charge in [-0.3, -0.25) is 0 Å². The lowest BCUT2D eigenvalue weighted by atomic mass is 9.79. The third kappa shape index (κ3) is 4.36. The zero-order valence-electron chi connectivity index (χ0n) is 28.4. The van der Waals surface area contributed by atoms with E-state index in [1.54, 1.807) is 0 Å². The molecule has 3 heteroatoms. The van der Waals surface area contributed by atoms with Crippen LogP contribution < -0.4 is 10.6 Å². The molecule has 0 saturated carbocycles. The maximum Gasteiger partial charge on any atom is 0.160 e. The summed E-state index contributed by atoms with van der Waals surface area (Å²) in [6.45, 7) is 4.81. The van der Waals surface area contributed by atoms with Gasteiger partial charge in [-0.05, 0) is 89.4 Å². The Morgan fingerprint density at radius 1 is 0.620 bits per heavy atom. The molecule has 240 valence electrons. The van der Waals surface area contributed by atoms with Crippen molar-refractivity contribution in [3.8, 4) is 39.5 Å². The number of fused-ring (bicyclic) bond motifs is 7. The normalized spacial score (nSPS) is 15.8. The Kier molecular flexibility index (Phi) is 6.48. The average molecular weight is 644 g/mol. The molecule has 0 bridgehead atoms. The van der Waals surface area contributed by atoms with Crippen molar-refractivity contribution in [2.45, 2.75) is 44.9 Å². The molecule has 0 atom stereocenters. The molecule has 0 aliphatic heterocycles. The van der Waals surface area contributed by atoms with Gasteiger partial charge in [-0.2, -0.15) is 0 Å². The Balaban J connectivity index is 1.11. The Labute approximate surface area is 292 Å². The van der Waals surface area contributed by atoms with Crippen LogP contribution in [0.2, 0.25) is 0 Å². The molecule has 5 aromatic carbocycles. The smallest absolute Gasteiger partial charge is 0.160 e. The largest absolute Gasteiger partial charge is 0.309 e. The molecule has 2 heterocycles. The van der Waals surface area contributed by atoms with E-state index < -0.39 is 0 Å². The van der Waals surface area contributed by atoms with Crippen LogP contribution in [0, 0.1) is 0 Å². The lowest BCUT2D eigenvalue weighted by molar-refractivity contribution is 0.655.